The van der Waals surface area contributed by atoms with E-state index in [2.05, 4.69) is 31.2 Å². The molecule has 1 aliphatic carbocycles. The normalized spacial score (nSPS) is 18.3. The molecule has 7 rings (SSSR count). The van der Waals surface area contributed by atoms with Crippen LogP contribution in [0.3, 0.4) is 0 Å². The van der Waals surface area contributed by atoms with Gasteiger partial charge in [0.2, 0.25) is 11.8 Å². The van der Waals surface area contributed by atoms with Gasteiger partial charge >= 0.3 is 6.01 Å². The van der Waals surface area contributed by atoms with Crippen molar-refractivity contribution in [2.45, 2.75) is 38.4 Å². The molecule has 1 saturated carbocycles. The summed E-state index contributed by atoms with van der Waals surface area (Å²) >= 11 is 9.59. The van der Waals surface area contributed by atoms with Crippen molar-refractivity contribution in [3.8, 4) is 22.9 Å². The maximum absolute atomic E-state index is 15.6. The summed E-state index contributed by atoms with van der Waals surface area (Å²) in [4.78, 5) is 49.8. The first-order valence-electron chi connectivity index (χ1n) is 14.6. The van der Waals surface area contributed by atoms with Crippen molar-refractivity contribution in [2.75, 3.05) is 5.32 Å². The number of ketones is 1. The largest absolute Gasteiger partial charge is 0.424 e. The second-order valence-corrected chi connectivity index (χ2v) is 12.8. The number of ether oxygens (including phenoxy) is 1. The topological polar surface area (TPSA) is 106 Å². The molecule has 3 unspecified atom stereocenters. The molecule has 9 nitrogen and oxygen atoms in total. The Morgan fingerprint density at radius 1 is 1.04 bits per heavy atom. The summed E-state index contributed by atoms with van der Waals surface area (Å²) in [6, 6.07) is 16.2. The van der Waals surface area contributed by atoms with Gasteiger partial charge < -0.3 is 19.5 Å². The van der Waals surface area contributed by atoms with Crippen LogP contribution in [0.4, 0.5) is 10.1 Å². The van der Waals surface area contributed by atoms with Crippen molar-refractivity contribution in [1.29, 1.82) is 0 Å². The van der Waals surface area contributed by atoms with E-state index >= 15 is 4.39 Å². The summed E-state index contributed by atoms with van der Waals surface area (Å²) in [6.45, 7) is 1.38. The van der Waals surface area contributed by atoms with Gasteiger partial charge in [0.05, 0.1) is 10.2 Å². The van der Waals surface area contributed by atoms with Crippen LogP contribution in [0.5, 0.6) is 11.8 Å². The lowest BCUT2D eigenvalue weighted by Gasteiger charge is -2.27. The minimum absolute atomic E-state index is 0.0180. The van der Waals surface area contributed by atoms with E-state index < -0.39 is 17.8 Å². The van der Waals surface area contributed by atoms with Gasteiger partial charge in [0.1, 0.15) is 18.3 Å². The standard InChI is InChI=1S/C34H26BrClFN5O4/c1-18(43)25-16-41(28-10-9-21(13-24(25)28)46-34-38-14-20(35)15-39-34)17-31(44)42-29-11-19(29)12-30(42)33(45)40-27-8-4-6-23(32(27)37)22-5-2-3-7-26(22)36/h2-10,13-16,19,29-30H,11-12,17H2,1H3,(H,40,45). The Labute approximate surface area is 276 Å². The molecule has 0 radical (unpaired) electrons. The molecule has 2 aliphatic rings. The molecule has 232 valence electrons. The summed E-state index contributed by atoms with van der Waals surface area (Å²) in [7, 11) is 0. The quantitative estimate of drug-likeness (QED) is 0.171. The third-order valence-electron chi connectivity index (χ3n) is 8.46. The number of rotatable bonds is 8. The highest BCUT2D eigenvalue weighted by molar-refractivity contribution is 9.10. The number of hydrogen-bond acceptors (Lipinski definition) is 6. The minimum Gasteiger partial charge on any atom is -0.424 e. The van der Waals surface area contributed by atoms with E-state index in [0.29, 0.717) is 43.7 Å². The molecule has 1 saturated heterocycles. The number of hydrogen-bond donors (Lipinski definition) is 1. The summed E-state index contributed by atoms with van der Waals surface area (Å²) in [5.74, 6) is -0.829. The number of likely N-dealkylation sites (tertiary alicyclic amines) is 1. The monoisotopic (exact) mass is 701 g/mol. The average molecular weight is 703 g/mol. The zero-order valence-corrected chi connectivity index (χ0v) is 26.8. The smallest absolute Gasteiger partial charge is 0.321 e. The number of carbonyl (C=O) groups excluding carboxylic acids is 3. The molecule has 1 N–H and O–H groups in total. The lowest BCUT2D eigenvalue weighted by atomic mass is 10.0. The SMILES string of the molecule is CC(=O)c1cn(CC(=O)N2C(C(=O)Nc3cccc(-c4ccccc4Cl)c3F)CC3CC32)c2ccc(Oc3ncc(Br)cn3)cc12. The number of aromatic nitrogens is 3. The zero-order chi connectivity index (χ0) is 32.1. The van der Waals surface area contributed by atoms with Crippen LogP contribution in [0.25, 0.3) is 22.0 Å². The van der Waals surface area contributed by atoms with Gasteiger partial charge in [-0.15, -0.1) is 0 Å². The average Bonchev–Trinajstić information content (AvgIpc) is 3.55. The van der Waals surface area contributed by atoms with Crippen molar-refractivity contribution in [1.82, 2.24) is 19.4 Å². The Balaban J connectivity index is 1.12. The molecule has 2 amide bonds. The van der Waals surface area contributed by atoms with Crippen LogP contribution in [0, 0.1) is 11.7 Å². The maximum Gasteiger partial charge on any atom is 0.321 e. The molecule has 1 aliphatic heterocycles. The fourth-order valence-electron chi connectivity index (χ4n) is 6.22. The van der Waals surface area contributed by atoms with Crippen molar-refractivity contribution >= 4 is 61.7 Å². The van der Waals surface area contributed by atoms with Gasteiger partial charge in [-0.1, -0.05) is 41.9 Å². The highest BCUT2D eigenvalue weighted by atomic mass is 79.9. The molecule has 3 heterocycles. The third kappa shape index (κ3) is 5.65. The van der Waals surface area contributed by atoms with Crippen LogP contribution >= 0.6 is 27.5 Å². The van der Waals surface area contributed by atoms with E-state index in [9.17, 15) is 14.4 Å². The van der Waals surface area contributed by atoms with Crippen LogP contribution in [0.1, 0.15) is 30.1 Å². The molecule has 3 aromatic carbocycles. The Morgan fingerprint density at radius 2 is 1.80 bits per heavy atom. The second-order valence-electron chi connectivity index (χ2n) is 11.4. The molecule has 5 aromatic rings. The molecule has 3 atom stereocenters. The predicted octanol–water partition coefficient (Wildman–Crippen LogP) is 7.28. The van der Waals surface area contributed by atoms with E-state index in [1.165, 1.54) is 13.0 Å². The van der Waals surface area contributed by atoms with Crippen molar-refractivity contribution in [2.24, 2.45) is 5.92 Å². The number of carbonyl (C=O) groups is 3. The van der Waals surface area contributed by atoms with Gasteiger partial charge in [0.15, 0.2) is 11.6 Å². The summed E-state index contributed by atoms with van der Waals surface area (Å²) in [5.41, 5.74) is 1.89. The Hall–Kier alpha value is -4.61. The first-order valence-corrected chi connectivity index (χ1v) is 15.8. The number of halogens is 3. The number of Topliss-reactive ketones (excluding diaryl/α,β-unsaturated/α-hetero) is 1. The number of piperidine rings is 1. The molecule has 2 aromatic heterocycles. The number of anilines is 1. The van der Waals surface area contributed by atoms with Crippen molar-refractivity contribution in [3.63, 3.8) is 0 Å². The fourth-order valence-corrected chi connectivity index (χ4v) is 6.66. The second kappa shape index (κ2) is 12.0. The predicted molar refractivity (Wildman–Crippen MR) is 174 cm³/mol. The zero-order valence-electron chi connectivity index (χ0n) is 24.4. The first-order chi connectivity index (χ1) is 22.2. The van der Waals surface area contributed by atoms with E-state index in [0.717, 1.165) is 6.42 Å². The van der Waals surface area contributed by atoms with Crippen LogP contribution in [-0.2, 0) is 16.1 Å². The number of amides is 2. The van der Waals surface area contributed by atoms with Gasteiger partial charge in [-0.2, -0.15) is 0 Å². The van der Waals surface area contributed by atoms with E-state index in [1.807, 2.05) is 0 Å². The summed E-state index contributed by atoms with van der Waals surface area (Å²) in [6.07, 6.45) is 6.09. The molecular weight excluding hydrogens is 677 g/mol. The maximum atomic E-state index is 15.6. The third-order valence-corrected chi connectivity index (χ3v) is 9.20. The molecule has 0 spiro atoms. The molecule has 0 bridgehead atoms. The minimum atomic E-state index is -0.750. The number of fused-ring (bicyclic) bond motifs is 2. The molecule has 12 heteroatoms. The van der Waals surface area contributed by atoms with Gasteiger partial charge in [-0.25, -0.2) is 14.4 Å². The fraction of sp³-hybridized carbons (Fsp3) is 0.206. The van der Waals surface area contributed by atoms with Crippen LogP contribution in [0.2, 0.25) is 5.02 Å². The van der Waals surface area contributed by atoms with E-state index in [-0.39, 0.29) is 47.5 Å². The van der Waals surface area contributed by atoms with Gasteiger partial charge in [-0.3, -0.25) is 14.4 Å². The summed E-state index contributed by atoms with van der Waals surface area (Å²) < 4.78 is 23.8. The van der Waals surface area contributed by atoms with Crippen LogP contribution < -0.4 is 10.1 Å². The van der Waals surface area contributed by atoms with Gasteiger partial charge in [0.25, 0.3) is 0 Å². The molecular formula is C34H26BrClFN5O4. The number of nitrogens with one attached hydrogen (secondary N) is 1. The Bertz CT molecular complexity index is 2030. The van der Waals surface area contributed by atoms with Gasteiger partial charge in [0, 0.05) is 57.2 Å². The molecule has 46 heavy (non-hydrogen) atoms. The number of nitrogens with zero attached hydrogens (tertiary/aromatic N) is 4. The lowest BCUT2D eigenvalue weighted by molar-refractivity contribution is -0.138. The number of benzene rings is 3. The van der Waals surface area contributed by atoms with Crippen LogP contribution in [-0.4, -0.2) is 49.1 Å². The highest BCUT2D eigenvalue weighted by Gasteiger charge is 2.56. The summed E-state index contributed by atoms with van der Waals surface area (Å²) in [5, 5.41) is 3.73. The molecule has 2 fully saturated rings. The van der Waals surface area contributed by atoms with E-state index in [1.54, 1.807) is 82.7 Å². The van der Waals surface area contributed by atoms with Crippen molar-refractivity contribution in [3.05, 3.63) is 100 Å². The Morgan fingerprint density at radius 3 is 2.57 bits per heavy atom. The first kappa shape index (κ1) is 30.1. The highest BCUT2D eigenvalue weighted by Crippen LogP contribution is 2.48. The van der Waals surface area contributed by atoms with E-state index in [4.69, 9.17) is 16.3 Å². The van der Waals surface area contributed by atoms with Gasteiger partial charge in [-0.05, 0) is 71.9 Å². The Kier molecular flexibility index (Phi) is 7.82. The lowest BCUT2D eigenvalue weighted by Crippen LogP contribution is -2.46. The van der Waals surface area contributed by atoms with Crippen molar-refractivity contribution < 1.29 is 23.5 Å². The van der Waals surface area contributed by atoms with Crippen LogP contribution in [0.15, 0.2) is 83.7 Å².